The molecule has 0 heterocycles. The number of nitrogens with zero attached hydrogens (tertiary/aromatic N) is 1. The minimum atomic E-state index is -1.60. The van der Waals surface area contributed by atoms with Crippen LogP contribution < -0.4 is 4.90 Å². The summed E-state index contributed by atoms with van der Waals surface area (Å²) in [6.07, 6.45) is 3.37. The molecule has 2 aliphatic rings. The van der Waals surface area contributed by atoms with E-state index >= 15 is 26.3 Å². The molecule has 0 radical (unpaired) electrons. The Morgan fingerprint density at radius 1 is 0.324 bits per heavy atom. The Morgan fingerprint density at radius 3 is 1.12 bits per heavy atom. The molecule has 10 aromatic carbocycles. The fourth-order valence-corrected chi connectivity index (χ4v) is 11.6. The zero-order valence-electron chi connectivity index (χ0n) is 39.3. The second-order valence-electron chi connectivity index (χ2n) is 18.5. The molecule has 0 saturated carbocycles. The molecule has 2 aliphatic carbocycles. The van der Waals surface area contributed by atoms with Crippen molar-refractivity contribution in [3.63, 3.8) is 0 Å². The molecule has 0 aromatic heterocycles. The third-order valence-electron chi connectivity index (χ3n) is 14.9. The van der Waals surface area contributed by atoms with E-state index in [1.54, 1.807) is 24.3 Å². The highest BCUT2D eigenvalue weighted by molar-refractivity contribution is 5.92. The van der Waals surface area contributed by atoms with Crippen LogP contribution in [0, 0.1) is 40.7 Å². The molecule has 74 heavy (non-hydrogen) atoms. The first kappa shape index (κ1) is 46.1. The second kappa shape index (κ2) is 17.6. The van der Waals surface area contributed by atoms with E-state index in [2.05, 4.69) is 13.2 Å². The smallest absolute Gasteiger partial charge is 0.194 e. The highest BCUT2D eigenvalue weighted by Gasteiger charge is 2.50. The maximum atomic E-state index is 16.9. The summed E-state index contributed by atoms with van der Waals surface area (Å²) in [5, 5.41) is 0. The van der Waals surface area contributed by atoms with Gasteiger partial charge in [-0.3, -0.25) is 0 Å². The van der Waals surface area contributed by atoms with Crippen molar-refractivity contribution in [3.05, 3.63) is 316 Å². The topological polar surface area (TPSA) is 3.24 Å². The monoisotopic (exact) mass is 979 g/mol. The van der Waals surface area contributed by atoms with Crippen molar-refractivity contribution >= 4 is 29.2 Å². The van der Waals surface area contributed by atoms with Gasteiger partial charge in [0.05, 0.1) is 10.8 Å². The average molecular weight is 980 g/mol. The van der Waals surface area contributed by atoms with Gasteiger partial charge in [0.25, 0.3) is 0 Å². The second-order valence-corrected chi connectivity index (χ2v) is 18.5. The highest BCUT2D eigenvalue weighted by atomic mass is 19.2. The Balaban J connectivity index is 1.15. The Hall–Kier alpha value is -9.01. The van der Waals surface area contributed by atoms with E-state index in [0.29, 0.717) is 50.4 Å². The lowest BCUT2D eigenvalue weighted by Gasteiger charge is -2.36. The summed E-state index contributed by atoms with van der Waals surface area (Å²) in [6.45, 7) is 7.85. The quantitative estimate of drug-likeness (QED) is 0.0975. The average Bonchev–Trinajstić information content (AvgIpc) is 3.98. The van der Waals surface area contributed by atoms with Crippen LogP contribution in [0.2, 0.25) is 0 Å². The maximum Gasteiger partial charge on any atom is 0.194 e. The van der Waals surface area contributed by atoms with Crippen LogP contribution in [0.15, 0.2) is 219 Å². The number of rotatable bonds is 10. The number of anilines is 3. The van der Waals surface area contributed by atoms with Crippen LogP contribution in [0.3, 0.4) is 0 Å². The Kier molecular flexibility index (Phi) is 11.0. The molecule has 12 rings (SSSR count). The molecule has 0 aliphatic heterocycles. The van der Waals surface area contributed by atoms with Gasteiger partial charge in [0.1, 0.15) is 5.82 Å². The summed E-state index contributed by atoms with van der Waals surface area (Å²) in [4.78, 5) is 1.99. The van der Waals surface area contributed by atoms with Gasteiger partial charge in [0.2, 0.25) is 0 Å². The van der Waals surface area contributed by atoms with Crippen molar-refractivity contribution in [2.75, 3.05) is 4.90 Å². The van der Waals surface area contributed by atoms with Gasteiger partial charge in [0.15, 0.2) is 34.9 Å². The van der Waals surface area contributed by atoms with Crippen molar-refractivity contribution in [1.82, 2.24) is 0 Å². The molecule has 0 amide bonds. The number of benzene rings is 10. The van der Waals surface area contributed by atoms with Crippen LogP contribution >= 0.6 is 0 Å². The fourth-order valence-electron chi connectivity index (χ4n) is 11.6. The SMILES string of the molecule is C=Cc1ccc(C2(c3ccc(F)c(F)c3F)c3ccccc3-c3ccc(N(c4ccc(-c5ccc(F)cc5)cc4)c4ccc5c(c4)C(c4ccc(C=C)cc4)(c4ccc(F)c(F)c4F)c4ccccc4-5)cc32)cc1. The fraction of sp³-hybridized carbons (Fsp3) is 0.0303. The minimum absolute atomic E-state index is 0.0996. The number of halogens is 7. The van der Waals surface area contributed by atoms with E-state index in [1.807, 2.05) is 163 Å². The molecular weight excluding hydrogens is 940 g/mol. The summed E-state index contributed by atoms with van der Waals surface area (Å²) in [7, 11) is 0. The molecule has 358 valence electrons. The maximum absolute atomic E-state index is 16.9. The molecule has 2 atom stereocenters. The van der Waals surface area contributed by atoms with Gasteiger partial charge in [-0.1, -0.05) is 171 Å². The first-order chi connectivity index (χ1) is 36.0. The molecule has 8 heteroatoms. The molecule has 10 aromatic rings. The Bertz CT molecular complexity index is 3690. The highest BCUT2D eigenvalue weighted by Crippen LogP contribution is 2.60. The molecular formula is C66H40F7N. The predicted molar refractivity (Wildman–Crippen MR) is 281 cm³/mol. The van der Waals surface area contributed by atoms with Crippen LogP contribution in [0.4, 0.5) is 47.8 Å². The lowest BCUT2D eigenvalue weighted by molar-refractivity contribution is 0.435. The van der Waals surface area contributed by atoms with E-state index in [-0.39, 0.29) is 16.9 Å². The normalized spacial score (nSPS) is 16.0. The summed E-state index contributed by atoms with van der Waals surface area (Å²) in [6, 6.07) is 59.7. The van der Waals surface area contributed by atoms with Crippen LogP contribution in [-0.4, -0.2) is 0 Å². The molecule has 0 N–H and O–H groups in total. The van der Waals surface area contributed by atoms with E-state index in [9.17, 15) is 4.39 Å². The summed E-state index contributed by atoms with van der Waals surface area (Å²) in [5.41, 5.74) is 8.27. The van der Waals surface area contributed by atoms with Crippen molar-refractivity contribution in [2.45, 2.75) is 10.8 Å². The van der Waals surface area contributed by atoms with Gasteiger partial charge < -0.3 is 4.90 Å². The van der Waals surface area contributed by atoms with Gasteiger partial charge >= 0.3 is 0 Å². The van der Waals surface area contributed by atoms with E-state index in [4.69, 9.17) is 0 Å². The van der Waals surface area contributed by atoms with Gasteiger partial charge in [-0.25, -0.2) is 30.7 Å². The number of fused-ring (bicyclic) bond motifs is 6. The number of hydrogen-bond acceptors (Lipinski definition) is 1. The molecule has 1 nitrogen and oxygen atoms in total. The van der Waals surface area contributed by atoms with Crippen molar-refractivity contribution in [2.24, 2.45) is 0 Å². The standard InChI is InChI=1S/C66H40F7N/c1-3-39-13-21-43(22-14-39)65(55-33-35-59(68)63(72)61(55)70)53-11-7-5-9-49(53)51-31-29-47(37-57(51)65)74(46-27-19-42(20-28-46)41-17-25-45(67)26-18-41)48-30-32-52-50-10-6-8-12-54(50)66(58(52)38-48,44-23-15-40(4-2)16-24-44)56-34-36-60(69)64(73)62(56)71/h3-38H,1-2H2. The van der Waals surface area contributed by atoms with E-state index < -0.39 is 45.7 Å². The zero-order chi connectivity index (χ0) is 51.0. The van der Waals surface area contributed by atoms with Crippen molar-refractivity contribution in [3.8, 4) is 33.4 Å². The van der Waals surface area contributed by atoms with E-state index in [0.717, 1.165) is 56.6 Å². The molecule has 0 saturated heterocycles. The number of hydrogen-bond donors (Lipinski definition) is 0. The van der Waals surface area contributed by atoms with E-state index in [1.165, 1.54) is 24.3 Å². The van der Waals surface area contributed by atoms with Crippen LogP contribution in [0.25, 0.3) is 45.5 Å². The Morgan fingerprint density at radius 2 is 0.703 bits per heavy atom. The van der Waals surface area contributed by atoms with Gasteiger partial charge in [-0.2, -0.15) is 0 Å². The molecule has 0 fully saturated rings. The largest absolute Gasteiger partial charge is 0.310 e. The van der Waals surface area contributed by atoms with Crippen LogP contribution in [0.5, 0.6) is 0 Å². The lowest BCUT2D eigenvalue weighted by Crippen LogP contribution is -2.31. The predicted octanol–water partition coefficient (Wildman–Crippen LogP) is 17.8. The van der Waals surface area contributed by atoms with Crippen molar-refractivity contribution < 1.29 is 30.7 Å². The van der Waals surface area contributed by atoms with Crippen LogP contribution in [0.1, 0.15) is 55.6 Å². The van der Waals surface area contributed by atoms with Crippen molar-refractivity contribution in [1.29, 1.82) is 0 Å². The van der Waals surface area contributed by atoms with Crippen LogP contribution in [-0.2, 0) is 10.8 Å². The Labute approximate surface area is 423 Å². The first-order valence-electron chi connectivity index (χ1n) is 23.9. The summed E-state index contributed by atoms with van der Waals surface area (Å²) >= 11 is 0. The van der Waals surface area contributed by atoms with Gasteiger partial charge in [-0.15, -0.1) is 0 Å². The molecule has 0 spiro atoms. The molecule has 0 bridgehead atoms. The molecule has 2 unspecified atom stereocenters. The van der Waals surface area contributed by atoms with Gasteiger partial charge in [0, 0.05) is 28.2 Å². The van der Waals surface area contributed by atoms with Gasteiger partial charge in [-0.05, 0) is 139 Å². The third-order valence-corrected chi connectivity index (χ3v) is 14.9. The third kappa shape index (κ3) is 6.78. The first-order valence-corrected chi connectivity index (χ1v) is 23.9. The lowest BCUT2D eigenvalue weighted by atomic mass is 9.67. The minimum Gasteiger partial charge on any atom is -0.310 e. The zero-order valence-corrected chi connectivity index (χ0v) is 39.3. The summed E-state index contributed by atoms with van der Waals surface area (Å²) < 4.78 is 110. The summed E-state index contributed by atoms with van der Waals surface area (Å²) in [5.74, 6) is -8.90.